The van der Waals surface area contributed by atoms with E-state index in [2.05, 4.69) is 40.9 Å². The minimum absolute atomic E-state index is 0.188. The third kappa shape index (κ3) is 4.56. The highest BCUT2D eigenvalue weighted by Gasteiger charge is 2.12. The Morgan fingerprint density at radius 3 is 2.50 bits per heavy atom. The fourth-order valence-corrected chi connectivity index (χ4v) is 4.93. The van der Waals surface area contributed by atoms with E-state index in [-0.39, 0.29) is 10.8 Å². The Bertz CT molecular complexity index is 1170. The predicted molar refractivity (Wildman–Crippen MR) is 117 cm³/mol. The van der Waals surface area contributed by atoms with Crippen LogP contribution in [0.25, 0.3) is 10.2 Å². The largest absolute Gasteiger partial charge is 0.316 e. The first-order valence-corrected chi connectivity index (χ1v) is 12.9. The van der Waals surface area contributed by atoms with Crippen LogP contribution in [-0.2, 0) is 22.8 Å². The topological polar surface area (TPSA) is 68.5 Å². The number of aromatic nitrogens is 1. The molecule has 28 heavy (non-hydrogen) atoms. The second kappa shape index (κ2) is 8.63. The second-order valence-corrected chi connectivity index (χ2v) is 10.4. The molecule has 8 heteroatoms. The number of rotatable bonds is 6. The number of amides is 1. The van der Waals surface area contributed by atoms with Crippen molar-refractivity contribution < 1.29 is 13.2 Å². The number of fused-ring (bicyclic) bond motifs is 1. The normalized spacial score (nSPS) is 12.6. The number of benzene rings is 2. The van der Waals surface area contributed by atoms with Crippen LogP contribution in [0.2, 0.25) is 0 Å². The van der Waals surface area contributed by atoms with Crippen LogP contribution in [0.1, 0.15) is 22.8 Å². The Morgan fingerprint density at radius 2 is 1.89 bits per heavy atom. The fourth-order valence-electron chi connectivity index (χ4n) is 2.82. The van der Waals surface area contributed by atoms with Gasteiger partial charge in [0.2, 0.25) is 0 Å². The van der Waals surface area contributed by atoms with Gasteiger partial charge in [-0.1, -0.05) is 24.3 Å². The van der Waals surface area contributed by atoms with Gasteiger partial charge >= 0.3 is 0 Å². The van der Waals surface area contributed by atoms with Crippen molar-refractivity contribution in [1.29, 1.82) is 0 Å². The molecule has 0 aliphatic heterocycles. The summed E-state index contributed by atoms with van der Waals surface area (Å²) >= 11 is 3.25. The molecule has 3 aromatic rings. The zero-order valence-electron chi connectivity index (χ0n) is 16.0. The van der Waals surface area contributed by atoms with Crippen molar-refractivity contribution >= 4 is 49.1 Å². The van der Waals surface area contributed by atoms with Crippen LogP contribution in [0.5, 0.6) is 0 Å². The first-order chi connectivity index (χ1) is 13.3. The Labute approximate surface area is 173 Å². The molecule has 5 nitrogen and oxygen atoms in total. The SMILES string of the molecule is CCc1ccc2c(c1)sc(=NC(=O)c1ccc(S(C)(=O)=O)cc1)n2CCSC. The van der Waals surface area contributed by atoms with Crippen molar-refractivity contribution in [1.82, 2.24) is 4.57 Å². The number of carbonyl (C=O) groups is 1. The molecule has 0 fully saturated rings. The van der Waals surface area contributed by atoms with Crippen LogP contribution in [0, 0.1) is 0 Å². The second-order valence-electron chi connectivity index (χ2n) is 6.40. The maximum Gasteiger partial charge on any atom is 0.279 e. The quantitative estimate of drug-likeness (QED) is 0.592. The fraction of sp³-hybridized carbons (Fsp3) is 0.300. The van der Waals surface area contributed by atoms with E-state index in [4.69, 9.17) is 0 Å². The molecule has 0 spiro atoms. The smallest absolute Gasteiger partial charge is 0.279 e. The number of hydrogen-bond donors (Lipinski definition) is 0. The number of hydrogen-bond acceptors (Lipinski definition) is 5. The van der Waals surface area contributed by atoms with Gasteiger partial charge in [-0.3, -0.25) is 4.79 Å². The molecule has 148 valence electrons. The maximum atomic E-state index is 12.7. The summed E-state index contributed by atoms with van der Waals surface area (Å²) in [5.41, 5.74) is 2.70. The van der Waals surface area contributed by atoms with Crippen molar-refractivity contribution in [3.8, 4) is 0 Å². The zero-order chi connectivity index (χ0) is 20.3. The van der Waals surface area contributed by atoms with Crippen LogP contribution in [0.4, 0.5) is 0 Å². The van der Waals surface area contributed by atoms with E-state index < -0.39 is 9.84 Å². The summed E-state index contributed by atoms with van der Waals surface area (Å²) in [5.74, 6) is 0.548. The van der Waals surface area contributed by atoms with Crippen LogP contribution >= 0.6 is 23.1 Å². The minimum atomic E-state index is -3.29. The van der Waals surface area contributed by atoms with E-state index in [0.717, 1.165) is 35.2 Å². The molecule has 0 bridgehead atoms. The van der Waals surface area contributed by atoms with Gasteiger partial charge in [0, 0.05) is 24.1 Å². The highest BCUT2D eigenvalue weighted by atomic mass is 32.2. The summed E-state index contributed by atoms with van der Waals surface area (Å²) in [7, 11) is -3.29. The van der Waals surface area contributed by atoms with Gasteiger partial charge in [-0.2, -0.15) is 16.8 Å². The molecule has 2 aromatic carbocycles. The van der Waals surface area contributed by atoms with Gasteiger partial charge < -0.3 is 4.57 Å². The molecule has 3 rings (SSSR count). The van der Waals surface area contributed by atoms with Gasteiger partial charge in [-0.25, -0.2) is 8.42 Å². The Balaban J connectivity index is 2.05. The lowest BCUT2D eigenvalue weighted by molar-refractivity contribution is 0.0997. The standard InChI is InChI=1S/C20H22N2O3S3/c1-4-14-5-10-17-18(13-14)27-20(22(17)11-12-26-2)21-19(23)15-6-8-16(9-7-15)28(3,24)25/h5-10,13H,4,11-12H2,1-3H3. The lowest BCUT2D eigenvalue weighted by atomic mass is 10.2. The third-order valence-corrected chi connectivity index (χ3v) is 7.16. The zero-order valence-corrected chi connectivity index (χ0v) is 18.5. The predicted octanol–water partition coefficient (Wildman–Crippen LogP) is 3.77. The van der Waals surface area contributed by atoms with Gasteiger partial charge in [0.25, 0.3) is 5.91 Å². The van der Waals surface area contributed by atoms with E-state index in [9.17, 15) is 13.2 Å². The number of sulfone groups is 1. The highest BCUT2D eigenvalue weighted by Crippen LogP contribution is 2.20. The van der Waals surface area contributed by atoms with E-state index in [1.165, 1.54) is 41.2 Å². The molecule has 0 aliphatic carbocycles. The maximum absolute atomic E-state index is 12.7. The monoisotopic (exact) mass is 434 g/mol. The summed E-state index contributed by atoms with van der Waals surface area (Å²) < 4.78 is 26.4. The first-order valence-electron chi connectivity index (χ1n) is 8.84. The molecule has 0 unspecified atom stereocenters. The molecular weight excluding hydrogens is 412 g/mol. The van der Waals surface area contributed by atoms with E-state index in [1.54, 1.807) is 11.8 Å². The van der Waals surface area contributed by atoms with Gasteiger partial charge in [0.1, 0.15) is 0 Å². The Hall–Kier alpha value is -1.90. The van der Waals surface area contributed by atoms with Crippen molar-refractivity contribution in [2.75, 3.05) is 18.3 Å². The van der Waals surface area contributed by atoms with Gasteiger partial charge in [-0.15, -0.1) is 0 Å². The summed E-state index contributed by atoms with van der Waals surface area (Å²) in [4.78, 5) is 17.9. The number of aryl methyl sites for hydroxylation is 2. The van der Waals surface area contributed by atoms with Crippen LogP contribution in [0.3, 0.4) is 0 Å². The molecule has 1 amide bonds. The lowest BCUT2D eigenvalue weighted by Gasteiger charge is -2.04. The first kappa shape index (κ1) is 20.8. The average molecular weight is 435 g/mol. The molecule has 0 atom stereocenters. The van der Waals surface area contributed by atoms with Crippen LogP contribution in [0.15, 0.2) is 52.4 Å². The number of nitrogens with zero attached hydrogens (tertiary/aromatic N) is 2. The van der Waals surface area contributed by atoms with Gasteiger partial charge in [-0.05, 0) is 54.6 Å². The van der Waals surface area contributed by atoms with Crippen molar-refractivity contribution in [3.05, 3.63) is 58.4 Å². The van der Waals surface area contributed by atoms with Crippen LogP contribution in [-0.4, -0.2) is 37.2 Å². The van der Waals surface area contributed by atoms with Gasteiger partial charge in [0.15, 0.2) is 14.6 Å². The van der Waals surface area contributed by atoms with E-state index in [0.29, 0.717) is 10.4 Å². The molecule has 1 aromatic heterocycles. The number of thioether (sulfide) groups is 1. The van der Waals surface area contributed by atoms with E-state index in [1.807, 2.05) is 0 Å². The number of carbonyl (C=O) groups excluding carboxylic acids is 1. The lowest BCUT2D eigenvalue weighted by Crippen LogP contribution is -2.18. The summed E-state index contributed by atoms with van der Waals surface area (Å²) in [5, 5.41) is 0. The average Bonchev–Trinajstić information content (AvgIpc) is 3.01. The minimum Gasteiger partial charge on any atom is -0.316 e. The molecule has 0 radical (unpaired) electrons. The summed E-state index contributed by atoms with van der Waals surface area (Å²) in [6.45, 7) is 2.89. The Kier molecular flexibility index (Phi) is 6.42. The molecule has 0 saturated carbocycles. The van der Waals surface area contributed by atoms with Gasteiger partial charge in [0.05, 0.1) is 15.1 Å². The van der Waals surface area contributed by atoms with Crippen molar-refractivity contribution in [2.24, 2.45) is 4.99 Å². The third-order valence-electron chi connectivity index (χ3n) is 4.40. The molecule has 1 heterocycles. The van der Waals surface area contributed by atoms with E-state index >= 15 is 0 Å². The highest BCUT2D eigenvalue weighted by molar-refractivity contribution is 7.98. The Morgan fingerprint density at radius 1 is 1.18 bits per heavy atom. The van der Waals surface area contributed by atoms with Crippen molar-refractivity contribution in [2.45, 2.75) is 24.8 Å². The van der Waals surface area contributed by atoms with Crippen LogP contribution < -0.4 is 4.80 Å². The number of thiazole rings is 1. The summed E-state index contributed by atoms with van der Waals surface area (Å²) in [6.07, 6.45) is 4.15. The molecular formula is C20H22N2O3S3. The van der Waals surface area contributed by atoms with Crippen molar-refractivity contribution in [3.63, 3.8) is 0 Å². The molecule has 0 N–H and O–H groups in total. The summed E-state index contributed by atoms with van der Waals surface area (Å²) in [6, 6.07) is 12.3. The molecule has 0 saturated heterocycles. The molecule has 0 aliphatic rings.